The number of carbonyl (C=O) groups is 2. The van der Waals surface area contributed by atoms with Crippen molar-refractivity contribution in [2.45, 2.75) is 38.4 Å². The molecule has 1 aromatic carbocycles. The smallest absolute Gasteiger partial charge is 0.348 e. The summed E-state index contributed by atoms with van der Waals surface area (Å²) in [7, 11) is 0. The molecular formula is C17H16Br2O5. The molecule has 0 N–H and O–H groups in total. The first kappa shape index (κ1) is 17.5. The van der Waals surface area contributed by atoms with Gasteiger partial charge in [-0.05, 0) is 75.4 Å². The van der Waals surface area contributed by atoms with Crippen molar-refractivity contribution < 1.29 is 23.8 Å². The number of hydrogen-bond acceptors (Lipinski definition) is 5. The van der Waals surface area contributed by atoms with Crippen LogP contribution in [0.1, 0.15) is 38.2 Å². The van der Waals surface area contributed by atoms with E-state index in [-0.39, 0.29) is 5.57 Å². The highest BCUT2D eigenvalue weighted by atomic mass is 79.9. The number of hydrogen-bond donors (Lipinski definition) is 0. The lowest BCUT2D eigenvalue weighted by Crippen LogP contribution is -2.44. The summed E-state index contributed by atoms with van der Waals surface area (Å²) >= 11 is 6.85. The van der Waals surface area contributed by atoms with Crippen LogP contribution in [0.2, 0.25) is 0 Å². The molecule has 0 bridgehead atoms. The van der Waals surface area contributed by atoms with Crippen molar-refractivity contribution in [1.29, 1.82) is 0 Å². The van der Waals surface area contributed by atoms with Crippen LogP contribution in [0.4, 0.5) is 0 Å². The summed E-state index contributed by atoms with van der Waals surface area (Å²) in [5, 5.41) is 0. The van der Waals surface area contributed by atoms with Crippen LogP contribution in [-0.4, -0.2) is 24.3 Å². The van der Waals surface area contributed by atoms with Gasteiger partial charge in [0.25, 0.3) is 5.79 Å². The van der Waals surface area contributed by atoms with Crippen LogP contribution in [-0.2, 0) is 19.1 Å². The van der Waals surface area contributed by atoms with Crippen LogP contribution < -0.4 is 4.74 Å². The SMILES string of the molecule is CCOc1c(Br)cc(C=C2C(=O)OC3(CCCC3)OC2=O)cc1Br. The normalized spacial score (nSPS) is 19.2. The minimum atomic E-state index is -1.05. The van der Waals surface area contributed by atoms with Gasteiger partial charge >= 0.3 is 11.9 Å². The Morgan fingerprint density at radius 2 is 1.67 bits per heavy atom. The van der Waals surface area contributed by atoms with E-state index in [4.69, 9.17) is 14.2 Å². The summed E-state index contributed by atoms with van der Waals surface area (Å²) in [6.07, 6.45) is 4.38. The Morgan fingerprint density at radius 1 is 1.12 bits per heavy atom. The van der Waals surface area contributed by atoms with Crippen LogP contribution in [0.25, 0.3) is 6.08 Å². The van der Waals surface area contributed by atoms with Gasteiger partial charge in [-0.2, -0.15) is 0 Å². The second-order valence-electron chi connectivity index (χ2n) is 5.70. The van der Waals surface area contributed by atoms with Crippen LogP contribution in [0, 0.1) is 0 Å². The van der Waals surface area contributed by atoms with Gasteiger partial charge in [-0.1, -0.05) is 0 Å². The monoisotopic (exact) mass is 458 g/mol. The highest BCUT2D eigenvalue weighted by molar-refractivity contribution is 9.11. The molecule has 1 aromatic rings. The van der Waals surface area contributed by atoms with Crippen molar-refractivity contribution in [3.05, 3.63) is 32.2 Å². The predicted octanol–water partition coefficient (Wildman–Crippen LogP) is 4.36. The van der Waals surface area contributed by atoms with E-state index in [1.54, 1.807) is 12.1 Å². The van der Waals surface area contributed by atoms with E-state index in [1.165, 1.54) is 6.08 Å². The van der Waals surface area contributed by atoms with Gasteiger partial charge in [0.05, 0.1) is 15.6 Å². The van der Waals surface area contributed by atoms with Gasteiger partial charge in [0.2, 0.25) is 0 Å². The van der Waals surface area contributed by atoms with Crippen LogP contribution in [0.3, 0.4) is 0 Å². The van der Waals surface area contributed by atoms with Crippen LogP contribution in [0.15, 0.2) is 26.7 Å². The fraction of sp³-hybridized carbons (Fsp3) is 0.412. The van der Waals surface area contributed by atoms with Crippen molar-refractivity contribution in [2.75, 3.05) is 6.61 Å². The lowest BCUT2D eigenvalue weighted by atomic mass is 10.1. The number of benzene rings is 1. The Kier molecular flexibility index (Phi) is 5.01. The zero-order chi connectivity index (χ0) is 17.3. The molecular weight excluding hydrogens is 444 g/mol. The summed E-state index contributed by atoms with van der Waals surface area (Å²) in [5.41, 5.74) is 0.555. The molecule has 128 valence electrons. The lowest BCUT2D eigenvalue weighted by molar-refractivity contribution is -0.232. The molecule has 0 unspecified atom stereocenters. The molecule has 0 radical (unpaired) electrons. The minimum Gasteiger partial charge on any atom is -0.492 e. The third-order valence-electron chi connectivity index (χ3n) is 3.98. The summed E-state index contributed by atoms with van der Waals surface area (Å²) in [6, 6.07) is 3.53. The van der Waals surface area contributed by atoms with Crippen molar-refractivity contribution in [1.82, 2.24) is 0 Å². The average molecular weight is 460 g/mol. The third-order valence-corrected chi connectivity index (χ3v) is 5.16. The first-order valence-corrected chi connectivity index (χ1v) is 9.33. The van der Waals surface area contributed by atoms with Gasteiger partial charge in [-0.3, -0.25) is 0 Å². The summed E-state index contributed by atoms with van der Waals surface area (Å²) in [5.74, 6) is -1.65. The Bertz CT molecular complexity index is 675. The molecule has 1 heterocycles. The molecule has 2 aliphatic rings. The zero-order valence-electron chi connectivity index (χ0n) is 13.1. The quantitative estimate of drug-likeness (QED) is 0.381. The lowest BCUT2D eigenvalue weighted by Gasteiger charge is -2.32. The standard InChI is InChI=1S/C17H16Br2O5/c1-2-22-14-12(18)8-10(9-13(14)19)7-11-15(20)23-17(24-16(11)21)5-3-4-6-17/h7-9H,2-6H2,1H3. The summed E-state index contributed by atoms with van der Waals surface area (Å²) in [4.78, 5) is 24.5. The number of carbonyl (C=O) groups excluding carboxylic acids is 2. The summed E-state index contributed by atoms with van der Waals surface area (Å²) in [6.45, 7) is 2.42. The van der Waals surface area contributed by atoms with E-state index in [0.717, 1.165) is 21.8 Å². The molecule has 24 heavy (non-hydrogen) atoms. The summed E-state index contributed by atoms with van der Waals surface area (Å²) < 4.78 is 17.8. The Hall–Kier alpha value is -1.34. The van der Waals surface area contributed by atoms with Crippen molar-refractivity contribution in [2.24, 2.45) is 0 Å². The van der Waals surface area contributed by atoms with Crippen LogP contribution >= 0.6 is 31.9 Å². The molecule has 1 aliphatic heterocycles. The maximum Gasteiger partial charge on any atom is 0.348 e. The van der Waals surface area contributed by atoms with Crippen molar-refractivity contribution in [3.63, 3.8) is 0 Å². The highest BCUT2D eigenvalue weighted by Crippen LogP contribution is 2.39. The largest absolute Gasteiger partial charge is 0.492 e. The average Bonchev–Trinajstić information content (AvgIpc) is 2.94. The van der Waals surface area contributed by atoms with Gasteiger partial charge in [0.15, 0.2) is 0 Å². The maximum atomic E-state index is 12.3. The number of esters is 2. The van der Waals surface area contributed by atoms with Crippen molar-refractivity contribution in [3.8, 4) is 5.75 Å². The Balaban J connectivity index is 1.89. The van der Waals surface area contributed by atoms with Gasteiger partial charge in [0.1, 0.15) is 11.3 Å². The van der Waals surface area contributed by atoms with E-state index >= 15 is 0 Å². The van der Waals surface area contributed by atoms with E-state index < -0.39 is 17.7 Å². The van der Waals surface area contributed by atoms with Gasteiger partial charge in [-0.15, -0.1) is 0 Å². The number of halogens is 2. The first-order valence-electron chi connectivity index (χ1n) is 7.74. The number of ether oxygens (including phenoxy) is 3. The molecule has 0 atom stereocenters. The minimum absolute atomic E-state index is 0.101. The van der Waals surface area contributed by atoms with Gasteiger partial charge in [0, 0.05) is 12.8 Å². The van der Waals surface area contributed by atoms with Gasteiger partial charge < -0.3 is 14.2 Å². The zero-order valence-corrected chi connectivity index (χ0v) is 16.2. The third kappa shape index (κ3) is 3.37. The molecule has 1 aliphatic carbocycles. The molecule has 1 spiro atoms. The molecule has 5 nitrogen and oxygen atoms in total. The number of rotatable bonds is 3. The maximum absolute atomic E-state index is 12.3. The highest BCUT2D eigenvalue weighted by Gasteiger charge is 2.47. The Morgan fingerprint density at radius 3 is 2.17 bits per heavy atom. The van der Waals surface area contributed by atoms with E-state index in [9.17, 15) is 9.59 Å². The first-order chi connectivity index (χ1) is 11.4. The van der Waals surface area contributed by atoms with Gasteiger partial charge in [-0.25, -0.2) is 9.59 Å². The molecule has 3 rings (SSSR count). The van der Waals surface area contributed by atoms with Crippen molar-refractivity contribution >= 4 is 49.9 Å². The second-order valence-corrected chi connectivity index (χ2v) is 7.41. The Labute approximate surface area is 156 Å². The fourth-order valence-corrected chi connectivity index (χ4v) is 4.35. The molecule has 0 amide bonds. The molecule has 1 saturated carbocycles. The second kappa shape index (κ2) is 6.88. The van der Waals surface area contributed by atoms with E-state index in [1.807, 2.05) is 6.92 Å². The molecule has 1 saturated heterocycles. The van der Waals surface area contributed by atoms with E-state index in [2.05, 4.69) is 31.9 Å². The fourth-order valence-electron chi connectivity index (χ4n) is 2.90. The predicted molar refractivity (Wildman–Crippen MR) is 94.4 cm³/mol. The molecule has 0 aromatic heterocycles. The van der Waals surface area contributed by atoms with Crippen LogP contribution in [0.5, 0.6) is 5.75 Å². The molecule has 7 heteroatoms. The van der Waals surface area contributed by atoms with E-state index in [0.29, 0.717) is 30.8 Å². The molecule has 2 fully saturated rings. The topological polar surface area (TPSA) is 61.8 Å².